The Bertz CT molecular complexity index is 1130. The van der Waals surface area contributed by atoms with E-state index in [-0.39, 0.29) is 6.03 Å². The van der Waals surface area contributed by atoms with Crippen LogP contribution in [0.5, 0.6) is 0 Å². The molecule has 0 radical (unpaired) electrons. The SMILES string of the molecule is CCn1c2ccccc2c2cc(/C=N/NC(=O)Nc3ccccc3)ccc21. The zero-order chi connectivity index (χ0) is 18.6. The quantitative estimate of drug-likeness (QED) is 0.394. The van der Waals surface area contributed by atoms with Crippen molar-refractivity contribution in [3.05, 3.63) is 78.4 Å². The van der Waals surface area contributed by atoms with Crippen LogP contribution in [0, 0.1) is 0 Å². The normalized spacial score (nSPS) is 11.3. The molecule has 0 fully saturated rings. The molecule has 4 aromatic rings. The number of hydrogen-bond acceptors (Lipinski definition) is 2. The van der Waals surface area contributed by atoms with Crippen molar-refractivity contribution >= 4 is 39.7 Å². The number of hydrogen-bond donors (Lipinski definition) is 2. The molecule has 0 bridgehead atoms. The lowest BCUT2D eigenvalue weighted by molar-refractivity contribution is 0.252. The summed E-state index contributed by atoms with van der Waals surface area (Å²) in [5.74, 6) is 0. The summed E-state index contributed by atoms with van der Waals surface area (Å²) >= 11 is 0. The molecule has 5 heteroatoms. The predicted octanol–water partition coefficient (Wildman–Crippen LogP) is 4.97. The molecule has 0 aliphatic rings. The molecule has 3 aromatic carbocycles. The Morgan fingerprint density at radius 3 is 2.52 bits per heavy atom. The van der Waals surface area contributed by atoms with E-state index in [9.17, 15) is 4.79 Å². The van der Waals surface area contributed by atoms with Crippen molar-refractivity contribution in [2.45, 2.75) is 13.5 Å². The van der Waals surface area contributed by atoms with Crippen molar-refractivity contribution in [2.75, 3.05) is 5.32 Å². The number of carbonyl (C=O) groups is 1. The van der Waals surface area contributed by atoms with Gasteiger partial charge in [-0.25, -0.2) is 10.2 Å². The van der Waals surface area contributed by atoms with E-state index in [2.05, 4.69) is 63.7 Å². The second kappa shape index (κ2) is 7.33. The predicted molar refractivity (Wildman–Crippen MR) is 111 cm³/mol. The highest BCUT2D eigenvalue weighted by Gasteiger charge is 2.09. The highest BCUT2D eigenvalue weighted by atomic mass is 16.2. The Morgan fingerprint density at radius 2 is 1.70 bits per heavy atom. The number of amides is 2. The number of nitrogens with zero attached hydrogens (tertiary/aromatic N) is 2. The fourth-order valence-electron chi connectivity index (χ4n) is 3.34. The molecule has 2 amide bonds. The first-order valence-corrected chi connectivity index (χ1v) is 8.92. The maximum absolute atomic E-state index is 11.9. The molecule has 0 unspecified atom stereocenters. The zero-order valence-corrected chi connectivity index (χ0v) is 15.0. The molecule has 27 heavy (non-hydrogen) atoms. The Hall–Kier alpha value is -3.60. The number of para-hydroxylation sites is 2. The molecule has 5 nitrogen and oxygen atoms in total. The van der Waals surface area contributed by atoms with E-state index in [1.165, 1.54) is 21.8 Å². The molecular weight excluding hydrogens is 336 g/mol. The van der Waals surface area contributed by atoms with Gasteiger partial charge >= 0.3 is 6.03 Å². The molecule has 0 aliphatic heterocycles. The summed E-state index contributed by atoms with van der Waals surface area (Å²) in [6, 6.07) is 23.5. The van der Waals surface area contributed by atoms with E-state index in [1.54, 1.807) is 6.21 Å². The maximum atomic E-state index is 11.9. The Kier molecular flexibility index (Phi) is 4.58. The lowest BCUT2D eigenvalue weighted by Gasteiger charge is -2.03. The van der Waals surface area contributed by atoms with Gasteiger partial charge in [0.15, 0.2) is 0 Å². The first-order chi connectivity index (χ1) is 13.3. The van der Waals surface area contributed by atoms with Crippen LogP contribution in [0.1, 0.15) is 12.5 Å². The number of benzene rings is 3. The van der Waals surface area contributed by atoms with E-state index in [1.807, 2.05) is 36.4 Å². The number of aromatic nitrogens is 1. The zero-order valence-electron chi connectivity index (χ0n) is 15.0. The third kappa shape index (κ3) is 3.40. The Balaban J connectivity index is 1.55. The number of anilines is 1. The van der Waals surface area contributed by atoms with Crippen LogP contribution in [0.15, 0.2) is 77.9 Å². The third-order valence-corrected chi connectivity index (χ3v) is 4.52. The summed E-state index contributed by atoms with van der Waals surface area (Å²) < 4.78 is 2.30. The van der Waals surface area contributed by atoms with Gasteiger partial charge in [-0.3, -0.25) is 0 Å². The number of aryl methyl sites for hydroxylation is 1. The largest absolute Gasteiger partial charge is 0.341 e. The molecular formula is C22H20N4O. The van der Waals surface area contributed by atoms with Gasteiger partial charge in [0, 0.05) is 34.0 Å². The second-order valence-corrected chi connectivity index (χ2v) is 6.23. The van der Waals surface area contributed by atoms with Gasteiger partial charge in [0.2, 0.25) is 0 Å². The van der Waals surface area contributed by atoms with Gasteiger partial charge in [0.25, 0.3) is 0 Å². The van der Waals surface area contributed by atoms with Crippen molar-refractivity contribution in [2.24, 2.45) is 5.10 Å². The molecule has 4 rings (SSSR count). The first-order valence-electron chi connectivity index (χ1n) is 8.92. The Labute approximate surface area is 157 Å². The summed E-state index contributed by atoms with van der Waals surface area (Å²) in [5.41, 5.74) is 6.57. The standard InChI is InChI=1S/C22H20N4O/c1-2-26-20-11-7-6-10-18(20)19-14-16(12-13-21(19)26)15-23-25-22(27)24-17-8-4-3-5-9-17/h3-15H,2H2,1H3,(H2,24,25,27)/b23-15+. The van der Waals surface area contributed by atoms with Gasteiger partial charge in [-0.05, 0) is 42.8 Å². The minimum atomic E-state index is -0.374. The number of hydrazone groups is 1. The molecule has 0 aliphatic carbocycles. The van der Waals surface area contributed by atoms with E-state index in [4.69, 9.17) is 0 Å². The molecule has 134 valence electrons. The number of nitrogens with one attached hydrogen (secondary N) is 2. The van der Waals surface area contributed by atoms with Crippen molar-refractivity contribution in [3.8, 4) is 0 Å². The van der Waals surface area contributed by atoms with Crippen molar-refractivity contribution in [3.63, 3.8) is 0 Å². The smallest absolute Gasteiger partial charge is 0.339 e. The number of urea groups is 1. The average Bonchev–Trinajstić information content (AvgIpc) is 3.02. The van der Waals surface area contributed by atoms with Crippen molar-refractivity contribution < 1.29 is 4.79 Å². The minimum Gasteiger partial charge on any atom is -0.341 e. The summed E-state index contributed by atoms with van der Waals surface area (Å²) in [4.78, 5) is 11.9. The molecule has 0 saturated heterocycles. The van der Waals surface area contributed by atoms with Crippen molar-refractivity contribution in [1.29, 1.82) is 0 Å². The molecule has 1 heterocycles. The minimum absolute atomic E-state index is 0.374. The summed E-state index contributed by atoms with van der Waals surface area (Å²) in [7, 11) is 0. The number of carbonyl (C=O) groups excluding carboxylic acids is 1. The fourth-order valence-corrected chi connectivity index (χ4v) is 3.34. The molecule has 2 N–H and O–H groups in total. The Morgan fingerprint density at radius 1 is 0.963 bits per heavy atom. The topological polar surface area (TPSA) is 58.4 Å². The van der Waals surface area contributed by atoms with Gasteiger partial charge in [-0.2, -0.15) is 5.10 Å². The van der Waals surface area contributed by atoms with E-state index in [0.717, 1.165) is 17.8 Å². The van der Waals surface area contributed by atoms with Crippen LogP contribution < -0.4 is 10.7 Å². The molecule has 0 spiro atoms. The van der Waals surface area contributed by atoms with Crippen LogP contribution >= 0.6 is 0 Å². The lowest BCUT2D eigenvalue weighted by Crippen LogP contribution is -2.24. The average molecular weight is 356 g/mol. The van der Waals surface area contributed by atoms with Crippen LogP contribution in [0.4, 0.5) is 10.5 Å². The van der Waals surface area contributed by atoms with E-state index < -0.39 is 0 Å². The van der Waals surface area contributed by atoms with Crippen LogP contribution in [0.25, 0.3) is 21.8 Å². The van der Waals surface area contributed by atoms with E-state index >= 15 is 0 Å². The summed E-state index contributed by atoms with van der Waals surface area (Å²) in [6.45, 7) is 3.06. The molecule has 1 aromatic heterocycles. The highest BCUT2D eigenvalue weighted by Crippen LogP contribution is 2.29. The van der Waals surface area contributed by atoms with Gasteiger partial charge < -0.3 is 9.88 Å². The fraction of sp³-hybridized carbons (Fsp3) is 0.0909. The lowest BCUT2D eigenvalue weighted by atomic mass is 10.1. The van der Waals surface area contributed by atoms with Gasteiger partial charge in [0.1, 0.15) is 0 Å². The molecule has 0 saturated carbocycles. The second-order valence-electron chi connectivity index (χ2n) is 6.23. The molecule has 0 atom stereocenters. The van der Waals surface area contributed by atoms with Crippen LogP contribution in [-0.2, 0) is 6.54 Å². The van der Waals surface area contributed by atoms with Gasteiger partial charge in [0.05, 0.1) is 6.21 Å². The highest BCUT2D eigenvalue weighted by molar-refractivity contribution is 6.09. The first kappa shape index (κ1) is 16.8. The number of rotatable bonds is 4. The van der Waals surface area contributed by atoms with Crippen LogP contribution in [0.3, 0.4) is 0 Å². The maximum Gasteiger partial charge on any atom is 0.339 e. The third-order valence-electron chi connectivity index (χ3n) is 4.52. The summed E-state index contributed by atoms with van der Waals surface area (Å²) in [6.07, 6.45) is 1.65. The van der Waals surface area contributed by atoms with Crippen LogP contribution in [-0.4, -0.2) is 16.8 Å². The van der Waals surface area contributed by atoms with E-state index in [0.29, 0.717) is 0 Å². The van der Waals surface area contributed by atoms with Gasteiger partial charge in [-0.1, -0.05) is 42.5 Å². The number of fused-ring (bicyclic) bond motifs is 3. The monoisotopic (exact) mass is 356 g/mol. The van der Waals surface area contributed by atoms with Crippen molar-refractivity contribution in [1.82, 2.24) is 9.99 Å². The van der Waals surface area contributed by atoms with Crippen LogP contribution in [0.2, 0.25) is 0 Å². The summed E-state index contributed by atoms with van der Waals surface area (Å²) in [5, 5.41) is 9.19. The van der Waals surface area contributed by atoms with Gasteiger partial charge in [-0.15, -0.1) is 0 Å².